The number of benzene rings is 1. The molecule has 0 amide bonds. The molecule has 1 aromatic carbocycles. The Bertz CT molecular complexity index is 765. The molecule has 0 radical (unpaired) electrons. The predicted octanol–water partition coefficient (Wildman–Crippen LogP) is 4.36. The molecule has 2 aliphatic heterocycles. The van der Waals surface area contributed by atoms with E-state index in [4.69, 9.17) is 10.00 Å². The summed E-state index contributed by atoms with van der Waals surface area (Å²) in [4.78, 5) is 0. The highest BCUT2D eigenvalue weighted by molar-refractivity contribution is 5.72. The second kappa shape index (κ2) is 6.65. The van der Waals surface area contributed by atoms with E-state index < -0.39 is 0 Å². The number of allylic oxidation sites excluding steroid dienone is 4. The first-order chi connectivity index (χ1) is 12.1. The van der Waals surface area contributed by atoms with Crippen LogP contribution in [0.3, 0.4) is 0 Å². The minimum atomic E-state index is -0.278. The number of halogens is 1. The van der Waals surface area contributed by atoms with E-state index in [0.29, 0.717) is 29.8 Å². The Labute approximate surface area is 148 Å². The molecule has 1 aliphatic carbocycles. The average Bonchev–Trinajstić information content (AvgIpc) is 2.95. The minimum absolute atomic E-state index is 0.0892. The van der Waals surface area contributed by atoms with Crippen molar-refractivity contribution in [2.24, 2.45) is 5.92 Å². The topological polar surface area (TPSA) is 45.0 Å². The lowest BCUT2D eigenvalue weighted by molar-refractivity contribution is 0.132. The van der Waals surface area contributed by atoms with Crippen LogP contribution in [0.5, 0.6) is 5.75 Å². The lowest BCUT2D eigenvalue weighted by atomic mass is 9.84. The summed E-state index contributed by atoms with van der Waals surface area (Å²) in [5.41, 5.74) is 2.27. The number of ether oxygens (including phenoxy) is 1. The molecular formula is C21H23FN2O. The fourth-order valence-corrected chi connectivity index (χ4v) is 4.41. The summed E-state index contributed by atoms with van der Waals surface area (Å²) >= 11 is 0. The standard InChI is InChI=1S/C21H23FN2O/c1-13-9-14(12-23)5-8-18(13)19-3-2-4-20(21(19)22)25-17-10-15-6-7-16(11-17)24-15/h2-5,8,13,15-17,24H,6-7,9-11H2,1H3/t13?,15-,16+,17-. The smallest absolute Gasteiger partial charge is 0.172 e. The molecule has 1 unspecified atom stereocenters. The van der Waals surface area contributed by atoms with E-state index in [-0.39, 0.29) is 17.8 Å². The van der Waals surface area contributed by atoms with Gasteiger partial charge in [0.15, 0.2) is 11.6 Å². The maximum absolute atomic E-state index is 15.1. The molecule has 130 valence electrons. The predicted molar refractivity (Wildman–Crippen MR) is 95.4 cm³/mol. The Hall–Kier alpha value is -2.12. The number of nitrogens with one attached hydrogen (secondary N) is 1. The molecule has 3 nitrogen and oxygen atoms in total. The van der Waals surface area contributed by atoms with Gasteiger partial charge < -0.3 is 10.1 Å². The van der Waals surface area contributed by atoms with Crippen molar-refractivity contribution in [1.82, 2.24) is 5.32 Å². The third kappa shape index (κ3) is 3.21. The van der Waals surface area contributed by atoms with Crippen LogP contribution < -0.4 is 10.1 Å². The summed E-state index contributed by atoms with van der Waals surface area (Å²) in [5, 5.41) is 12.6. The van der Waals surface area contributed by atoms with Crippen molar-refractivity contribution in [2.75, 3.05) is 0 Å². The van der Waals surface area contributed by atoms with Gasteiger partial charge in [0.1, 0.15) is 6.10 Å². The van der Waals surface area contributed by atoms with Gasteiger partial charge in [0.2, 0.25) is 0 Å². The highest BCUT2D eigenvalue weighted by Crippen LogP contribution is 2.37. The molecule has 0 aromatic heterocycles. The second-order valence-electron chi connectivity index (χ2n) is 7.50. The largest absolute Gasteiger partial charge is 0.487 e. The molecule has 4 atom stereocenters. The highest BCUT2D eigenvalue weighted by atomic mass is 19.1. The maximum Gasteiger partial charge on any atom is 0.172 e. The van der Waals surface area contributed by atoms with E-state index in [1.807, 2.05) is 25.1 Å². The zero-order chi connectivity index (χ0) is 17.4. The van der Waals surface area contributed by atoms with Crippen molar-refractivity contribution in [1.29, 1.82) is 5.26 Å². The Morgan fingerprint density at radius 2 is 1.96 bits per heavy atom. The zero-order valence-electron chi connectivity index (χ0n) is 14.5. The number of piperidine rings is 1. The van der Waals surface area contributed by atoms with Gasteiger partial charge in [-0.15, -0.1) is 0 Å². The van der Waals surface area contributed by atoms with Gasteiger partial charge in [0, 0.05) is 23.2 Å². The summed E-state index contributed by atoms with van der Waals surface area (Å²) in [6, 6.07) is 8.63. The normalized spacial score (nSPS) is 31.1. The monoisotopic (exact) mass is 338 g/mol. The Kier molecular flexibility index (Phi) is 4.35. The molecule has 0 spiro atoms. The van der Waals surface area contributed by atoms with Crippen LogP contribution in [0.15, 0.2) is 35.9 Å². The van der Waals surface area contributed by atoms with Gasteiger partial charge in [0.25, 0.3) is 0 Å². The van der Waals surface area contributed by atoms with Crippen LogP contribution in [0.2, 0.25) is 0 Å². The van der Waals surface area contributed by atoms with Crippen molar-refractivity contribution in [2.45, 2.75) is 57.2 Å². The molecule has 2 heterocycles. The van der Waals surface area contributed by atoms with Crippen LogP contribution in [0.1, 0.15) is 44.6 Å². The van der Waals surface area contributed by atoms with Gasteiger partial charge in [-0.2, -0.15) is 5.26 Å². The van der Waals surface area contributed by atoms with Crippen LogP contribution in [-0.4, -0.2) is 18.2 Å². The fraction of sp³-hybridized carbons (Fsp3) is 0.476. The van der Waals surface area contributed by atoms with Crippen LogP contribution in [0.25, 0.3) is 5.57 Å². The summed E-state index contributed by atoms with van der Waals surface area (Å²) in [7, 11) is 0. The van der Waals surface area contributed by atoms with Gasteiger partial charge in [-0.1, -0.05) is 25.1 Å². The first kappa shape index (κ1) is 16.4. The van der Waals surface area contributed by atoms with E-state index in [0.717, 1.165) is 24.0 Å². The lowest BCUT2D eigenvalue weighted by Crippen LogP contribution is -2.42. The lowest BCUT2D eigenvalue weighted by Gasteiger charge is -2.30. The van der Waals surface area contributed by atoms with Crippen molar-refractivity contribution >= 4 is 5.57 Å². The molecule has 2 fully saturated rings. The molecule has 1 N–H and O–H groups in total. The molecular weight excluding hydrogens is 315 g/mol. The Balaban J connectivity index is 1.57. The number of hydrogen-bond donors (Lipinski definition) is 1. The van der Waals surface area contributed by atoms with Crippen LogP contribution >= 0.6 is 0 Å². The molecule has 25 heavy (non-hydrogen) atoms. The summed E-state index contributed by atoms with van der Waals surface area (Å²) < 4.78 is 21.2. The van der Waals surface area contributed by atoms with Crippen molar-refractivity contribution in [3.63, 3.8) is 0 Å². The van der Waals surface area contributed by atoms with Crippen LogP contribution in [0, 0.1) is 23.1 Å². The van der Waals surface area contributed by atoms with E-state index in [9.17, 15) is 0 Å². The first-order valence-corrected chi connectivity index (χ1v) is 9.16. The van der Waals surface area contributed by atoms with Gasteiger partial charge in [0.05, 0.1) is 6.07 Å². The molecule has 0 saturated carbocycles. The molecule has 3 aliphatic rings. The maximum atomic E-state index is 15.1. The second-order valence-corrected chi connectivity index (χ2v) is 7.50. The molecule has 1 aromatic rings. The zero-order valence-corrected chi connectivity index (χ0v) is 14.5. The Morgan fingerprint density at radius 1 is 1.20 bits per heavy atom. The van der Waals surface area contributed by atoms with Crippen molar-refractivity contribution in [3.05, 3.63) is 47.3 Å². The molecule has 4 heteroatoms. The number of nitriles is 1. The number of fused-ring (bicyclic) bond motifs is 2. The van der Waals surface area contributed by atoms with E-state index in [2.05, 4.69) is 11.4 Å². The third-order valence-corrected chi connectivity index (χ3v) is 5.66. The SMILES string of the molecule is CC1CC(C#N)=CC=C1c1cccc(O[C@@H]2C[C@H]3CC[C@@H](C2)N3)c1F. The van der Waals surface area contributed by atoms with E-state index >= 15 is 4.39 Å². The summed E-state index contributed by atoms with van der Waals surface area (Å²) in [6.45, 7) is 2.04. The highest BCUT2D eigenvalue weighted by Gasteiger charge is 2.35. The molecule has 2 saturated heterocycles. The van der Waals surface area contributed by atoms with E-state index in [1.165, 1.54) is 12.8 Å². The van der Waals surface area contributed by atoms with Gasteiger partial charge in [-0.25, -0.2) is 4.39 Å². The average molecular weight is 338 g/mol. The number of hydrogen-bond acceptors (Lipinski definition) is 3. The quantitative estimate of drug-likeness (QED) is 0.890. The molecule has 4 rings (SSSR count). The van der Waals surface area contributed by atoms with Crippen LogP contribution in [0.4, 0.5) is 4.39 Å². The number of rotatable bonds is 3. The van der Waals surface area contributed by atoms with Crippen LogP contribution in [-0.2, 0) is 0 Å². The first-order valence-electron chi connectivity index (χ1n) is 9.16. The Morgan fingerprint density at radius 3 is 2.64 bits per heavy atom. The minimum Gasteiger partial charge on any atom is -0.487 e. The van der Waals surface area contributed by atoms with Crippen molar-refractivity contribution < 1.29 is 9.13 Å². The molecule has 2 bridgehead atoms. The summed E-state index contributed by atoms with van der Waals surface area (Å²) in [5.74, 6) is 0.200. The van der Waals surface area contributed by atoms with Gasteiger partial charge in [-0.05, 0) is 55.7 Å². The van der Waals surface area contributed by atoms with Gasteiger partial charge in [-0.3, -0.25) is 0 Å². The number of nitrogens with zero attached hydrogens (tertiary/aromatic N) is 1. The third-order valence-electron chi connectivity index (χ3n) is 5.66. The summed E-state index contributed by atoms with van der Waals surface area (Å²) in [6.07, 6.45) is 8.72. The van der Waals surface area contributed by atoms with Crippen molar-refractivity contribution in [3.8, 4) is 11.8 Å². The van der Waals surface area contributed by atoms with Gasteiger partial charge >= 0.3 is 0 Å². The van der Waals surface area contributed by atoms with E-state index in [1.54, 1.807) is 12.1 Å². The fourth-order valence-electron chi connectivity index (χ4n) is 4.41.